The predicted octanol–water partition coefficient (Wildman–Crippen LogP) is 2.78. The zero-order chi connectivity index (χ0) is 41.7. The molecule has 3 aromatic carbocycles. The minimum absolute atomic E-state index is 0.113. The Hall–Kier alpha value is -7.22. The molecular weight excluding hydrogens is 757 g/mol. The zero-order valence-electron chi connectivity index (χ0n) is 34.3. The van der Waals surface area contributed by atoms with Gasteiger partial charge in [-0.05, 0) is 81.1 Å². The van der Waals surface area contributed by atoms with Crippen LogP contribution < -0.4 is 40.5 Å². The summed E-state index contributed by atoms with van der Waals surface area (Å²) < 4.78 is 19.7. The number of hydrogen-bond acceptors (Lipinski definition) is 4. The second kappa shape index (κ2) is 15.5. The highest BCUT2D eigenvalue weighted by molar-refractivity contribution is 5.98. The van der Waals surface area contributed by atoms with E-state index in [0.29, 0.717) is 5.69 Å². The third-order valence-electron chi connectivity index (χ3n) is 11.6. The van der Waals surface area contributed by atoms with E-state index in [2.05, 4.69) is 130 Å². The van der Waals surface area contributed by atoms with E-state index in [1.807, 2.05) is 26.2 Å². The van der Waals surface area contributed by atoms with Crippen LogP contribution in [0.5, 0.6) is 0 Å². The van der Waals surface area contributed by atoms with Crippen molar-refractivity contribution in [1.29, 1.82) is 0 Å². The summed E-state index contributed by atoms with van der Waals surface area (Å²) in [5, 5.41) is 0.495. The molecule has 0 fully saturated rings. The molecule has 0 N–H and O–H groups in total. The summed E-state index contributed by atoms with van der Waals surface area (Å²) in [6.07, 6.45) is 25.0. The van der Waals surface area contributed by atoms with E-state index in [1.165, 1.54) is 24.7 Å². The number of fused-ring (bicyclic) bond motifs is 2. The van der Waals surface area contributed by atoms with Crippen LogP contribution in [0.25, 0.3) is 50.3 Å². The summed E-state index contributed by atoms with van der Waals surface area (Å²) in [5.74, 6) is 2.02. The number of benzene rings is 3. The highest BCUT2D eigenvalue weighted by Gasteiger charge is 2.34. The molecule has 9 rings (SSSR count). The van der Waals surface area contributed by atoms with Gasteiger partial charge in [0.1, 0.15) is 60.9 Å². The maximum absolute atomic E-state index is 13.8. The minimum atomic E-state index is -0.531. The topological polar surface area (TPSA) is 113 Å². The van der Waals surface area contributed by atoms with Gasteiger partial charge in [0.05, 0.1) is 67.5 Å². The number of aryl methyl sites for hydroxylation is 7. The summed E-state index contributed by atoms with van der Waals surface area (Å²) in [4.78, 5) is 52.9. The fourth-order valence-electron chi connectivity index (χ4n) is 8.32. The van der Waals surface area contributed by atoms with Crippen molar-refractivity contribution in [3.63, 3.8) is 0 Å². The molecule has 0 aliphatic rings. The van der Waals surface area contributed by atoms with Crippen LogP contribution in [0.2, 0.25) is 0 Å². The molecule has 14 nitrogen and oxygen atoms in total. The fourth-order valence-corrected chi connectivity index (χ4v) is 8.32. The third kappa shape index (κ3) is 6.93. The quantitative estimate of drug-likeness (QED) is 0.124. The standard InChI is InChI=1S/C46H48N10O4/c1-33-9-11-34(12-10-33)54-27-25-52(19-7-5-17-50-23-21-47(2)31-50)41(54)42-53(20-8-6-18-51-24-22-48(3)32-51)26-28-55(42)35-13-15-36(16-14-35)56-45(59)39-29-37-38(30-40(39)46(56)60)44(58)49(4)43(37)57/h9-16,21-32H,5-8,17-20H2,1-4H3/q+4. The van der Waals surface area contributed by atoms with Gasteiger partial charge >= 0.3 is 11.6 Å². The molecule has 302 valence electrons. The minimum Gasteiger partial charge on any atom is -0.277 e. The Labute approximate surface area is 344 Å². The van der Waals surface area contributed by atoms with Gasteiger partial charge in [-0.3, -0.25) is 23.7 Å². The summed E-state index contributed by atoms with van der Waals surface area (Å²) >= 11 is 0. The number of hydrogen-bond donors (Lipinski definition) is 0. The smallest absolute Gasteiger partial charge is 0.277 e. The Kier molecular flexibility index (Phi) is 9.90. The fraction of sp³-hybridized carbons (Fsp3) is 0.261. The van der Waals surface area contributed by atoms with Gasteiger partial charge in [-0.2, -0.15) is 9.13 Å². The van der Waals surface area contributed by atoms with Gasteiger partial charge in [0, 0.05) is 7.05 Å². The van der Waals surface area contributed by atoms with Gasteiger partial charge in [-0.15, -0.1) is 0 Å². The van der Waals surface area contributed by atoms with Gasteiger partial charge in [0.15, 0.2) is 0 Å². The Morgan fingerprint density at radius 3 is 1.35 bits per heavy atom. The van der Waals surface area contributed by atoms with E-state index in [1.54, 1.807) is 12.1 Å². The molecule has 0 amide bonds. The van der Waals surface area contributed by atoms with Gasteiger partial charge in [-0.1, -0.05) is 17.7 Å². The Morgan fingerprint density at radius 2 is 0.917 bits per heavy atom. The van der Waals surface area contributed by atoms with Crippen LogP contribution >= 0.6 is 0 Å². The highest BCUT2D eigenvalue weighted by Crippen LogP contribution is 2.24. The van der Waals surface area contributed by atoms with Crippen LogP contribution in [-0.2, 0) is 47.3 Å². The van der Waals surface area contributed by atoms with Crippen molar-refractivity contribution in [3.8, 4) is 28.7 Å². The Bertz CT molecular complexity index is 3160. The van der Waals surface area contributed by atoms with Crippen LogP contribution in [0.4, 0.5) is 0 Å². The SMILES string of the molecule is Cc1ccc(-n2cc[n+](CCCCn3cc[n+](C)c3)c2-c2n(-c3ccc(-n4c(=O)c5cc6c(=O)n(C)c(=O)c6cc5c4=O)cc3)cc[n+]2CCCCn2cc[n+](C)c2)cc1. The number of nitrogens with zero attached hydrogens (tertiary/aromatic N) is 10. The first-order valence-electron chi connectivity index (χ1n) is 20.4. The molecule has 0 aliphatic carbocycles. The van der Waals surface area contributed by atoms with Gasteiger partial charge in [0.2, 0.25) is 12.7 Å². The molecule has 0 spiro atoms. The zero-order valence-corrected chi connectivity index (χ0v) is 34.3. The van der Waals surface area contributed by atoms with Crippen molar-refractivity contribution in [2.75, 3.05) is 0 Å². The monoisotopic (exact) mass is 804 g/mol. The average molecular weight is 805 g/mol. The summed E-state index contributed by atoms with van der Waals surface area (Å²) in [6.45, 7) is 5.55. The van der Waals surface area contributed by atoms with Crippen LogP contribution in [0.15, 0.2) is 142 Å². The number of aromatic nitrogens is 10. The van der Waals surface area contributed by atoms with Gasteiger partial charge in [0.25, 0.3) is 22.2 Å². The van der Waals surface area contributed by atoms with E-state index in [4.69, 9.17) is 0 Å². The molecule has 0 atom stereocenters. The highest BCUT2D eigenvalue weighted by atomic mass is 16.2. The van der Waals surface area contributed by atoms with E-state index >= 15 is 0 Å². The average Bonchev–Trinajstić information content (AvgIpc) is 4.11. The Balaban J connectivity index is 1.11. The largest absolute Gasteiger partial charge is 0.378 e. The van der Waals surface area contributed by atoms with Crippen molar-refractivity contribution < 1.29 is 18.3 Å². The molecule has 0 radical (unpaired) electrons. The number of rotatable bonds is 14. The van der Waals surface area contributed by atoms with E-state index in [9.17, 15) is 19.2 Å². The lowest BCUT2D eigenvalue weighted by Gasteiger charge is -2.08. The van der Waals surface area contributed by atoms with Crippen LogP contribution in [0.3, 0.4) is 0 Å². The van der Waals surface area contributed by atoms with Crippen molar-refractivity contribution >= 4 is 21.5 Å². The molecule has 0 saturated heterocycles. The van der Waals surface area contributed by atoms with Crippen molar-refractivity contribution in [1.82, 2.24) is 27.4 Å². The van der Waals surface area contributed by atoms with Crippen LogP contribution in [0, 0.1) is 6.92 Å². The van der Waals surface area contributed by atoms with Crippen LogP contribution in [0.1, 0.15) is 31.2 Å². The molecule has 0 unspecified atom stereocenters. The first-order chi connectivity index (χ1) is 29.0. The maximum Gasteiger partial charge on any atom is 0.378 e. The maximum atomic E-state index is 13.8. The molecule has 0 bridgehead atoms. The second-order valence-electron chi connectivity index (χ2n) is 15.8. The van der Waals surface area contributed by atoms with E-state index in [-0.39, 0.29) is 21.5 Å². The molecule has 6 aromatic heterocycles. The lowest BCUT2D eigenvalue weighted by molar-refractivity contribution is -0.715. The normalized spacial score (nSPS) is 11.8. The van der Waals surface area contributed by atoms with Crippen molar-refractivity contribution in [3.05, 3.63) is 170 Å². The van der Waals surface area contributed by atoms with Gasteiger partial charge < -0.3 is 0 Å². The summed E-state index contributed by atoms with van der Waals surface area (Å²) in [7, 11) is 5.46. The molecule has 0 aliphatic heterocycles. The van der Waals surface area contributed by atoms with Crippen molar-refractivity contribution in [2.45, 2.75) is 58.8 Å². The molecule has 60 heavy (non-hydrogen) atoms. The first-order valence-corrected chi connectivity index (χ1v) is 20.4. The first kappa shape index (κ1) is 38.3. The lowest BCUT2D eigenvalue weighted by atomic mass is 10.1. The molecular formula is C46H48N10O4+4. The van der Waals surface area contributed by atoms with E-state index in [0.717, 1.165) is 84.0 Å². The van der Waals surface area contributed by atoms with Crippen LogP contribution in [-0.4, -0.2) is 27.4 Å². The third-order valence-corrected chi connectivity index (χ3v) is 11.6. The summed E-state index contributed by atoms with van der Waals surface area (Å²) in [6, 6.07) is 18.7. The van der Waals surface area contributed by atoms with Gasteiger partial charge in [-0.25, -0.2) is 32.0 Å². The molecule has 0 saturated carbocycles. The number of unbranched alkanes of at least 4 members (excludes halogenated alkanes) is 2. The molecule has 14 heteroatoms. The number of imidazole rings is 4. The lowest BCUT2D eigenvalue weighted by Crippen LogP contribution is -2.42. The second-order valence-corrected chi connectivity index (χ2v) is 15.8. The molecule has 9 aromatic rings. The molecule has 6 heterocycles. The van der Waals surface area contributed by atoms with E-state index < -0.39 is 22.2 Å². The predicted molar refractivity (Wildman–Crippen MR) is 226 cm³/mol. The summed E-state index contributed by atoms with van der Waals surface area (Å²) in [5.41, 5.74) is 1.45. The Morgan fingerprint density at radius 1 is 0.500 bits per heavy atom. The van der Waals surface area contributed by atoms with Crippen molar-refractivity contribution in [2.24, 2.45) is 21.1 Å².